The van der Waals surface area contributed by atoms with Crippen molar-refractivity contribution in [1.82, 2.24) is 0 Å². The fourth-order valence-electron chi connectivity index (χ4n) is 1.64. The molecule has 0 heterocycles. The first-order valence-electron chi connectivity index (χ1n) is 4.58. The molecule has 0 N–H and O–H groups in total. The smallest absolute Gasteiger partial charge is 0.366 e. The van der Waals surface area contributed by atoms with Gasteiger partial charge < -0.3 is 4.74 Å². The zero-order valence-corrected chi connectivity index (χ0v) is 8.25. The van der Waals surface area contributed by atoms with Gasteiger partial charge in [0.2, 0.25) is 0 Å². The number of hydrogen-bond acceptors (Lipinski definition) is 5. The van der Waals surface area contributed by atoms with Crippen LogP contribution >= 0.6 is 0 Å². The predicted octanol–water partition coefficient (Wildman–Crippen LogP) is 0.717. The highest BCUT2D eigenvalue weighted by molar-refractivity contribution is 6.06. The Balaban J connectivity index is 2.92. The minimum absolute atomic E-state index is 0.0482. The summed E-state index contributed by atoms with van der Waals surface area (Å²) in [6.45, 7) is 1.62. The molecule has 1 fully saturated rings. The third kappa shape index (κ3) is 1.98. The van der Waals surface area contributed by atoms with Gasteiger partial charge in [-0.2, -0.15) is 0 Å². The van der Waals surface area contributed by atoms with Crippen LogP contribution < -0.4 is 0 Å². The van der Waals surface area contributed by atoms with Gasteiger partial charge >= 0.3 is 11.9 Å². The van der Waals surface area contributed by atoms with Gasteiger partial charge in [-0.3, -0.25) is 14.5 Å². The van der Waals surface area contributed by atoms with E-state index in [-0.39, 0.29) is 31.7 Å². The maximum atomic E-state index is 11.8. The zero-order chi connectivity index (χ0) is 11.5. The molecule has 0 bridgehead atoms. The van der Waals surface area contributed by atoms with E-state index in [0.717, 1.165) is 0 Å². The normalized spacial score (nSPS) is 25.1. The summed E-state index contributed by atoms with van der Waals surface area (Å²) < 4.78 is 16.5. The van der Waals surface area contributed by atoms with E-state index in [1.165, 1.54) is 0 Å². The lowest BCUT2D eigenvalue weighted by molar-refractivity contribution is -0.202. The first kappa shape index (κ1) is 11.6. The molecule has 0 aliphatic heterocycles. The Kier molecular flexibility index (Phi) is 3.39. The van der Waals surface area contributed by atoms with Crippen molar-refractivity contribution in [3.63, 3.8) is 0 Å². The highest BCUT2D eigenvalue weighted by Gasteiger charge is 2.54. The molecular formula is C9H11FO5. The summed E-state index contributed by atoms with van der Waals surface area (Å²) in [5.74, 6) is -2.50. The Morgan fingerprint density at radius 3 is 2.53 bits per heavy atom. The molecule has 1 unspecified atom stereocenters. The number of ether oxygens (including phenoxy) is 1. The molecule has 0 aromatic rings. The Labute approximate surface area is 85.4 Å². The summed E-state index contributed by atoms with van der Waals surface area (Å²) in [5.41, 5.74) is -1.76. The fraction of sp³-hybridized carbons (Fsp3) is 0.667. The summed E-state index contributed by atoms with van der Waals surface area (Å²) >= 11 is 0. The molecule has 0 aromatic heterocycles. The molecule has 0 spiro atoms. The largest absolute Gasteiger partial charge is 0.465 e. The van der Waals surface area contributed by atoms with E-state index in [0.29, 0.717) is 0 Å². The van der Waals surface area contributed by atoms with E-state index in [1.807, 2.05) is 0 Å². The van der Waals surface area contributed by atoms with Gasteiger partial charge in [0.1, 0.15) is 5.78 Å². The number of rotatable bonds is 3. The molecule has 1 aliphatic carbocycles. The molecule has 1 aliphatic rings. The van der Waals surface area contributed by atoms with E-state index in [9.17, 15) is 18.9 Å². The number of Topliss-reactive ketones (excluding diaryl/α,β-unsaturated/α-hetero) is 1. The van der Waals surface area contributed by atoms with Crippen LogP contribution in [0.3, 0.4) is 0 Å². The Hall–Kier alpha value is -1.46. The van der Waals surface area contributed by atoms with Gasteiger partial charge in [-0.15, -0.1) is 0 Å². The van der Waals surface area contributed by atoms with E-state index in [4.69, 9.17) is 0 Å². The SMILES string of the molecule is CCOC(=O)C1(C(=O)OF)CCC(=O)C1. The van der Waals surface area contributed by atoms with E-state index in [2.05, 4.69) is 9.68 Å². The van der Waals surface area contributed by atoms with Crippen molar-refractivity contribution >= 4 is 17.7 Å². The highest BCUT2D eigenvalue weighted by Crippen LogP contribution is 2.38. The van der Waals surface area contributed by atoms with Crippen LogP contribution in [-0.4, -0.2) is 24.3 Å². The molecule has 15 heavy (non-hydrogen) atoms. The Morgan fingerprint density at radius 1 is 1.47 bits per heavy atom. The zero-order valence-electron chi connectivity index (χ0n) is 8.25. The molecule has 1 rings (SSSR count). The third-order valence-electron chi connectivity index (χ3n) is 2.46. The monoisotopic (exact) mass is 218 g/mol. The second-order valence-electron chi connectivity index (χ2n) is 3.38. The Morgan fingerprint density at radius 2 is 2.13 bits per heavy atom. The molecule has 1 saturated carbocycles. The van der Waals surface area contributed by atoms with Crippen molar-refractivity contribution in [3.05, 3.63) is 0 Å². The third-order valence-corrected chi connectivity index (χ3v) is 2.46. The summed E-state index contributed by atoms with van der Waals surface area (Å²) in [6.07, 6.45) is -0.323. The van der Waals surface area contributed by atoms with Crippen LogP contribution in [0.15, 0.2) is 0 Å². The first-order chi connectivity index (χ1) is 7.06. The van der Waals surface area contributed by atoms with Crippen LogP contribution in [0.25, 0.3) is 0 Å². The summed E-state index contributed by atoms with van der Waals surface area (Å²) in [5, 5.41) is 0. The molecule has 84 valence electrons. The average molecular weight is 218 g/mol. The molecule has 0 aromatic carbocycles. The predicted molar refractivity (Wildman–Crippen MR) is 45.1 cm³/mol. The highest BCUT2D eigenvalue weighted by atomic mass is 19.3. The molecule has 0 saturated heterocycles. The van der Waals surface area contributed by atoms with Crippen LogP contribution in [0, 0.1) is 5.41 Å². The van der Waals surface area contributed by atoms with Crippen LogP contribution in [0.1, 0.15) is 26.2 Å². The van der Waals surface area contributed by atoms with Crippen LogP contribution in [0.2, 0.25) is 0 Å². The van der Waals surface area contributed by atoms with Crippen molar-refractivity contribution in [2.75, 3.05) is 6.61 Å². The molecule has 0 radical (unpaired) electrons. The summed E-state index contributed by atoms with van der Waals surface area (Å²) in [4.78, 5) is 36.7. The molecule has 6 heteroatoms. The van der Waals surface area contributed by atoms with Crippen molar-refractivity contribution < 1.29 is 28.6 Å². The van der Waals surface area contributed by atoms with Gasteiger partial charge in [0.05, 0.1) is 6.61 Å². The van der Waals surface area contributed by atoms with Crippen LogP contribution in [-0.2, 0) is 24.1 Å². The quantitative estimate of drug-likeness (QED) is 0.515. The van der Waals surface area contributed by atoms with E-state index >= 15 is 0 Å². The topological polar surface area (TPSA) is 69.7 Å². The van der Waals surface area contributed by atoms with Crippen molar-refractivity contribution in [1.29, 1.82) is 0 Å². The van der Waals surface area contributed by atoms with Crippen molar-refractivity contribution in [3.8, 4) is 0 Å². The van der Waals surface area contributed by atoms with Gasteiger partial charge in [0.15, 0.2) is 5.41 Å². The maximum Gasteiger partial charge on any atom is 0.366 e. The fourth-order valence-corrected chi connectivity index (χ4v) is 1.64. The number of halogens is 1. The molecular weight excluding hydrogens is 207 g/mol. The average Bonchev–Trinajstić information content (AvgIpc) is 2.61. The number of carbonyl (C=O) groups excluding carboxylic acids is 3. The van der Waals surface area contributed by atoms with Gasteiger partial charge in [-0.05, 0) is 13.3 Å². The summed E-state index contributed by atoms with van der Waals surface area (Å²) in [6, 6.07) is 0. The lowest BCUT2D eigenvalue weighted by Crippen LogP contribution is -2.39. The van der Waals surface area contributed by atoms with Gasteiger partial charge in [0, 0.05) is 17.4 Å². The molecule has 1 atom stereocenters. The van der Waals surface area contributed by atoms with Gasteiger partial charge in [-0.1, -0.05) is 0 Å². The minimum Gasteiger partial charge on any atom is -0.465 e. The number of ketones is 1. The summed E-state index contributed by atoms with van der Waals surface area (Å²) in [7, 11) is 0. The first-order valence-corrected chi connectivity index (χ1v) is 4.58. The second kappa shape index (κ2) is 4.37. The van der Waals surface area contributed by atoms with Crippen LogP contribution in [0.4, 0.5) is 4.53 Å². The molecule has 5 nitrogen and oxygen atoms in total. The second-order valence-corrected chi connectivity index (χ2v) is 3.38. The van der Waals surface area contributed by atoms with E-state index < -0.39 is 17.4 Å². The standard InChI is InChI=1S/C9H11FO5/c1-2-14-7(12)9(8(13)15-10)4-3-6(11)5-9/h2-5H2,1H3. The maximum absolute atomic E-state index is 11.8. The van der Waals surface area contributed by atoms with E-state index in [1.54, 1.807) is 6.92 Å². The van der Waals surface area contributed by atoms with Gasteiger partial charge in [0.25, 0.3) is 0 Å². The van der Waals surface area contributed by atoms with Crippen molar-refractivity contribution in [2.45, 2.75) is 26.2 Å². The molecule has 0 amide bonds. The van der Waals surface area contributed by atoms with Crippen LogP contribution in [0.5, 0.6) is 0 Å². The number of carbonyl (C=O) groups is 3. The lowest BCUT2D eigenvalue weighted by atomic mass is 9.86. The number of esters is 1. The van der Waals surface area contributed by atoms with Crippen molar-refractivity contribution in [2.24, 2.45) is 5.41 Å². The van der Waals surface area contributed by atoms with Gasteiger partial charge in [-0.25, -0.2) is 4.79 Å². The number of hydrogen-bond donors (Lipinski definition) is 0. The minimum atomic E-state index is -1.76. The Bertz CT molecular complexity index is 301. The lowest BCUT2D eigenvalue weighted by Gasteiger charge is -2.20.